The molecule has 1 aromatic rings. The Morgan fingerprint density at radius 1 is 1.62 bits per heavy atom. The molecule has 0 spiro atoms. The second-order valence-electron chi connectivity index (χ2n) is 4.91. The molecule has 0 radical (unpaired) electrons. The van der Waals surface area contributed by atoms with Crippen molar-refractivity contribution < 1.29 is 19.6 Å². The Bertz CT molecular complexity index is 572. The van der Waals surface area contributed by atoms with Crippen molar-refractivity contribution in [3.05, 3.63) is 32.3 Å². The molecule has 2 N–H and O–H groups in total. The van der Waals surface area contributed by atoms with Gasteiger partial charge in [-0.2, -0.15) is 0 Å². The number of nitro benzene ring substituents is 1. The van der Waals surface area contributed by atoms with Crippen molar-refractivity contribution in [2.75, 3.05) is 6.61 Å². The molecule has 1 saturated carbocycles. The molecule has 1 aliphatic rings. The van der Waals surface area contributed by atoms with Gasteiger partial charge in [-0.05, 0) is 25.8 Å². The van der Waals surface area contributed by atoms with E-state index < -0.39 is 11.0 Å². The average molecular weight is 359 g/mol. The number of nitrogens with zero attached hydrogens (tertiary/aromatic N) is 1. The number of carbonyl (C=O) groups is 1. The van der Waals surface area contributed by atoms with Crippen LogP contribution in [0.1, 0.15) is 31.4 Å². The van der Waals surface area contributed by atoms with Crippen molar-refractivity contribution in [2.24, 2.45) is 0 Å². The van der Waals surface area contributed by atoms with Crippen molar-refractivity contribution in [2.45, 2.75) is 31.9 Å². The van der Waals surface area contributed by atoms with Gasteiger partial charge in [-0.15, -0.1) is 0 Å². The SMILES string of the molecule is C[C@@H](O)c1cc(Br)cc([N+](=O)[O-])c1OCC(=O)NC1CC1. The summed E-state index contributed by atoms with van der Waals surface area (Å²) >= 11 is 3.15. The number of benzene rings is 1. The average Bonchev–Trinajstić information content (AvgIpc) is 3.19. The number of aliphatic hydroxyl groups is 1. The first-order chi connectivity index (χ1) is 9.88. The normalized spacial score (nSPS) is 15.4. The van der Waals surface area contributed by atoms with E-state index in [1.165, 1.54) is 19.1 Å². The lowest BCUT2D eigenvalue weighted by atomic mass is 10.1. The molecule has 0 heterocycles. The van der Waals surface area contributed by atoms with Crippen molar-refractivity contribution in [3.8, 4) is 5.75 Å². The monoisotopic (exact) mass is 358 g/mol. The molecule has 7 nitrogen and oxygen atoms in total. The first kappa shape index (κ1) is 15.7. The molecule has 1 aromatic carbocycles. The first-order valence-electron chi connectivity index (χ1n) is 6.46. The molecule has 0 saturated heterocycles. The second-order valence-corrected chi connectivity index (χ2v) is 5.82. The number of hydrogen-bond donors (Lipinski definition) is 2. The maximum atomic E-state index is 11.6. The number of rotatable bonds is 6. The third-order valence-corrected chi connectivity index (χ3v) is 3.46. The highest BCUT2D eigenvalue weighted by molar-refractivity contribution is 9.10. The van der Waals surface area contributed by atoms with Crippen LogP contribution in [0.3, 0.4) is 0 Å². The Morgan fingerprint density at radius 2 is 2.29 bits per heavy atom. The molecule has 1 amide bonds. The lowest BCUT2D eigenvalue weighted by Gasteiger charge is -2.14. The Morgan fingerprint density at radius 3 is 2.81 bits per heavy atom. The quantitative estimate of drug-likeness (QED) is 0.598. The highest BCUT2D eigenvalue weighted by Gasteiger charge is 2.26. The van der Waals surface area contributed by atoms with E-state index >= 15 is 0 Å². The van der Waals surface area contributed by atoms with Gasteiger partial charge in [0, 0.05) is 22.1 Å². The topological polar surface area (TPSA) is 102 Å². The predicted molar refractivity (Wildman–Crippen MR) is 78.1 cm³/mol. The Balaban J connectivity index is 2.21. The van der Waals surface area contributed by atoms with Crippen LogP contribution in [-0.4, -0.2) is 28.6 Å². The maximum absolute atomic E-state index is 11.6. The Kier molecular flexibility index (Phi) is 4.79. The molecule has 0 aromatic heterocycles. The Hall–Kier alpha value is -1.67. The zero-order valence-electron chi connectivity index (χ0n) is 11.3. The molecular formula is C13H15BrN2O5. The van der Waals surface area contributed by atoms with Crippen LogP contribution >= 0.6 is 15.9 Å². The molecule has 114 valence electrons. The van der Waals surface area contributed by atoms with Crippen LogP contribution in [-0.2, 0) is 4.79 Å². The van der Waals surface area contributed by atoms with Gasteiger partial charge in [0.15, 0.2) is 6.61 Å². The minimum atomic E-state index is -0.956. The number of amides is 1. The molecule has 0 aliphatic heterocycles. The number of hydrogen-bond acceptors (Lipinski definition) is 5. The summed E-state index contributed by atoms with van der Waals surface area (Å²) in [5, 5.41) is 23.6. The number of halogens is 1. The zero-order chi connectivity index (χ0) is 15.6. The Labute approximate surface area is 129 Å². The van der Waals surface area contributed by atoms with Crippen molar-refractivity contribution in [1.82, 2.24) is 5.32 Å². The third kappa shape index (κ3) is 4.15. The highest BCUT2D eigenvalue weighted by atomic mass is 79.9. The van der Waals surface area contributed by atoms with E-state index in [1.807, 2.05) is 0 Å². The molecule has 1 aliphatic carbocycles. The summed E-state index contributed by atoms with van der Waals surface area (Å²) in [6, 6.07) is 3.00. The summed E-state index contributed by atoms with van der Waals surface area (Å²) in [6.45, 7) is 1.15. The smallest absolute Gasteiger partial charge is 0.312 e. The lowest BCUT2D eigenvalue weighted by molar-refractivity contribution is -0.386. The molecule has 1 fully saturated rings. The van der Waals surface area contributed by atoms with E-state index in [-0.39, 0.29) is 35.6 Å². The number of ether oxygens (including phenoxy) is 1. The van der Waals surface area contributed by atoms with Gasteiger partial charge in [-0.1, -0.05) is 15.9 Å². The molecule has 8 heteroatoms. The molecular weight excluding hydrogens is 344 g/mol. The molecule has 0 bridgehead atoms. The van der Waals surface area contributed by atoms with Gasteiger partial charge in [0.1, 0.15) is 0 Å². The standard InChI is InChI=1S/C13H15BrN2O5/c1-7(17)10-4-8(14)5-11(16(19)20)13(10)21-6-12(18)15-9-2-3-9/h4-5,7,9,17H,2-3,6H2,1H3,(H,15,18)/t7-/m1/s1. The van der Waals surface area contributed by atoms with Gasteiger partial charge < -0.3 is 15.2 Å². The maximum Gasteiger partial charge on any atom is 0.312 e. The summed E-state index contributed by atoms with van der Waals surface area (Å²) in [6.07, 6.45) is 0.939. The van der Waals surface area contributed by atoms with Crippen molar-refractivity contribution in [1.29, 1.82) is 0 Å². The number of nitro groups is 1. The van der Waals surface area contributed by atoms with E-state index in [2.05, 4.69) is 21.2 Å². The van der Waals surface area contributed by atoms with E-state index in [1.54, 1.807) is 0 Å². The lowest BCUT2D eigenvalue weighted by Crippen LogP contribution is -2.30. The van der Waals surface area contributed by atoms with E-state index in [9.17, 15) is 20.0 Å². The molecule has 2 rings (SSSR count). The summed E-state index contributed by atoms with van der Waals surface area (Å²) in [7, 11) is 0. The minimum absolute atomic E-state index is 0.0795. The van der Waals surface area contributed by atoms with E-state index in [0.29, 0.717) is 4.47 Å². The zero-order valence-corrected chi connectivity index (χ0v) is 12.9. The second kappa shape index (κ2) is 6.40. The summed E-state index contributed by atoms with van der Waals surface area (Å²) < 4.78 is 5.76. The number of carbonyl (C=O) groups excluding carboxylic acids is 1. The van der Waals surface area contributed by atoms with Gasteiger partial charge in [-0.25, -0.2) is 0 Å². The summed E-state index contributed by atoms with van der Waals surface area (Å²) in [4.78, 5) is 22.1. The predicted octanol–water partition coefficient (Wildman–Crippen LogP) is 2.07. The van der Waals surface area contributed by atoms with Gasteiger partial charge >= 0.3 is 5.69 Å². The van der Waals surface area contributed by atoms with Crippen LogP contribution in [0.25, 0.3) is 0 Å². The van der Waals surface area contributed by atoms with Crippen LogP contribution in [0.15, 0.2) is 16.6 Å². The number of nitrogens with one attached hydrogen (secondary N) is 1. The van der Waals surface area contributed by atoms with Crippen LogP contribution in [0.2, 0.25) is 0 Å². The van der Waals surface area contributed by atoms with Gasteiger partial charge in [0.05, 0.1) is 11.0 Å². The van der Waals surface area contributed by atoms with Crippen molar-refractivity contribution >= 4 is 27.5 Å². The summed E-state index contributed by atoms with van der Waals surface area (Å²) in [5.41, 5.74) is -0.0326. The van der Waals surface area contributed by atoms with Gasteiger partial charge in [-0.3, -0.25) is 14.9 Å². The molecule has 1 atom stereocenters. The van der Waals surface area contributed by atoms with Crippen LogP contribution in [0.5, 0.6) is 5.75 Å². The number of aliphatic hydroxyl groups excluding tert-OH is 1. The fourth-order valence-electron chi connectivity index (χ4n) is 1.84. The summed E-state index contributed by atoms with van der Waals surface area (Å²) in [5.74, 6) is -0.407. The van der Waals surface area contributed by atoms with Crippen molar-refractivity contribution in [3.63, 3.8) is 0 Å². The third-order valence-electron chi connectivity index (χ3n) is 3.00. The largest absolute Gasteiger partial charge is 0.476 e. The fourth-order valence-corrected chi connectivity index (χ4v) is 2.30. The van der Waals surface area contributed by atoms with E-state index in [0.717, 1.165) is 12.8 Å². The highest BCUT2D eigenvalue weighted by Crippen LogP contribution is 2.37. The van der Waals surface area contributed by atoms with Crippen LogP contribution in [0.4, 0.5) is 5.69 Å². The van der Waals surface area contributed by atoms with Gasteiger partial charge in [0.25, 0.3) is 5.91 Å². The van der Waals surface area contributed by atoms with Gasteiger partial charge in [0.2, 0.25) is 5.75 Å². The first-order valence-corrected chi connectivity index (χ1v) is 7.26. The molecule has 21 heavy (non-hydrogen) atoms. The van der Waals surface area contributed by atoms with E-state index in [4.69, 9.17) is 4.74 Å². The molecule has 0 unspecified atom stereocenters. The fraction of sp³-hybridized carbons (Fsp3) is 0.462. The van der Waals surface area contributed by atoms with Crippen LogP contribution < -0.4 is 10.1 Å². The van der Waals surface area contributed by atoms with Crippen LogP contribution in [0, 0.1) is 10.1 Å². The minimum Gasteiger partial charge on any atom is -0.476 e.